The van der Waals surface area contributed by atoms with Gasteiger partial charge in [-0.15, -0.1) is 0 Å². The van der Waals surface area contributed by atoms with E-state index in [1.807, 2.05) is 35.0 Å². The molecule has 4 heteroatoms. The third-order valence-corrected chi connectivity index (χ3v) is 2.38. The van der Waals surface area contributed by atoms with Gasteiger partial charge >= 0.3 is 0 Å². The zero-order valence-electron chi connectivity index (χ0n) is 9.38. The van der Waals surface area contributed by atoms with Crippen LogP contribution in [0.2, 0.25) is 0 Å². The van der Waals surface area contributed by atoms with E-state index in [0.717, 1.165) is 17.2 Å². The first kappa shape index (κ1) is 10.5. The molecule has 2 rings (SSSR count). The van der Waals surface area contributed by atoms with E-state index in [9.17, 15) is 0 Å². The van der Waals surface area contributed by atoms with E-state index in [4.69, 9.17) is 9.47 Å². The van der Waals surface area contributed by atoms with Gasteiger partial charge in [0.05, 0.1) is 27.0 Å². The number of ether oxygens (including phenoxy) is 2. The van der Waals surface area contributed by atoms with Gasteiger partial charge in [-0.25, -0.2) is 4.68 Å². The van der Waals surface area contributed by atoms with Crippen LogP contribution in [0, 0.1) is 0 Å². The third-order valence-electron chi connectivity index (χ3n) is 2.38. The number of nitrogens with zero attached hydrogens (tertiary/aromatic N) is 2. The summed E-state index contributed by atoms with van der Waals surface area (Å²) in [6.45, 7) is 0.695. The van der Waals surface area contributed by atoms with E-state index >= 15 is 0 Å². The summed E-state index contributed by atoms with van der Waals surface area (Å²) in [5.41, 5.74) is 1.16. The van der Waals surface area contributed by atoms with Crippen LogP contribution in [0.15, 0.2) is 36.5 Å². The predicted octanol–water partition coefficient (Wildman–Crippen LogP) is 1.95. The molecule has 2 aromatic rings. The molecule has 1 aromatic carbocycles. The first-order chi connectivity index (χ1) is 7.83. The van der Waals surface area contributed by atoms with Crippen molar-refractivity contribution in [2.75, 3.05) is 14.2 Å². The van der Waals surface area contributed by atoms with Crippen LogP contribution in [0.25, 0.3) is 0 Å². The Morgan fingerprint density at radius 3 is 2.44 bits per heavy atom. The first-order valence-corrected chi connectivity index (χ1v) is 5.02. The van der Waals surface area contributed by atoms with E-state index in [0.29, 0.717) is 6.54 Å². The van der Waals surface area contributed by atoms with Crippen molar-refractivity contribution >= 4 is 0 Å². The standard InChI is InChI=1S/C12H14N2O2/c1-15-11-5-3-10(4-6-11)9-14-12(16-2)7-8-13-14/h3-8H,9H2,1-2H3. The molecule has 0 fully saturated rings. The van der Waals surface area contributed by atoms with Gasteiger partial charge in [0, 0.05) is 6.07 Å². The van der Waals surface area contributed by atoms with Gasteiger partial charge in [-0.1, -0.05) is 12.1 Å². The summed E-state index contributed by atoms with van der Waals surface area (Å²) in [6.07, 6.45) is 1.72. The second kappa shape index (κ2) is 4.70. The SMILES string of the molecule is COc1ccc(Cn2nccc2OC)cc1. The molecule has 0 atom stereocenters. The summed E-state index contributed by atoms with van der Waals surface area (Å²) < 4.78 is 12.1. The summed E-state index contributed by atoms with van der Waals surface area (Å²) in [5, 5.41) is 4.19. The van der Waals surface area contributed by atoms with Crippen LogP contribution in [0.5, 0.6) is 11.6 Å². The fraction of sp³-hybridized carbons (Fsp3) is 0.250. The lowest BCUT2D eigenvalue weighted by Gasteiger charge is -2.06. The second-order valence-electron chi connectivity index (χ2n) is 3.38. The van der Waals surface area contributed by atoms with Gasteiger partial charge in [-0.05, 0) is 17.7 Å². The largest absolute Gasteiger partial charge is 0.497 e. The van der Waals surface area contributed by atoms with E-state index in [2.05, 4.69) is 5.10 Å². The van der Waals surface area contributed by atoms with E-state index in [1.165, 1.54) is 0 Å². The highest BCUT2D eigenvalue weighted by Crippen LogP contribution is 2.15. The van der Waals surface area contributed by atoms with Crippen molar-refractivity contribution in [1.82, 2.24) is 9.78 Å². The van der Waals surface area contributed by atoms with Gasteiger partial charge in [0.25, 0.3) is 0 Å². The molecule has 1 heterocycles. The number of hydrogen-bond donors (Lipinski definition) is 0. The highest BCUT2D eigenvalue weighted by molar-refractivity contribution is 5.27. The van der Waals surface area contributed by atoms with Crippen molar-refractivity contribution < 1.29 is 9.47 Å². The zero-order chi connectivity index (χ0) is 11.4. The third kappa shape index (κ3) is 2.16. The second-order valence-corrected chi connectivity index (χ2v) is 3.38. The van der Waals surface area contributed by atoms with Gasteiger partial charge in [0.15, 0.2) is 0 Å². The van der Waals surface area contributed by atoms with Crippen molar-refractivity contribution in [2.45, 2.75) is 6.54 Å². The van der Waals surface area contributed by atoms with Gasteiger partial charge in [0.2, 0.25) is 5.88 Å². The molecule has 0 saturated carbocycles. The van der Waals surface area contributed by atoms with Crippen LogP contribution >= 0.6 is 0 Å². The molecule has 0 aliphatic rings. The van der Waals surface area contributed by atoms with Crippen LogP contribution < -0.4 is 9.47 Å². The van der Waals surface area contributed by atoms with E-state index < -0.39 is 0 Å². The maximum atomic E-state index is 5.18. The first-order valence-electron chi connectivity index (χ1n) is 5.02. The maximum absolute atomic E-state index is 5.18. The molecular formula is C12H14N2O2. The van der Waals surface area contributed by atoms with Gasteiger partial charge in [-0.3, -0.25) is 0 Å². The molecule has 0 amide bonds. The number of methoxy groups -OCH3 is 2. The Kier molecular flexibility index (Phi) is 3.10. The Labute approximate surface area is 94.4 Å². The Balaban J connectivity index is 2.14. The minimum absolute atomic E-state index is 0.695. The summed E-state index contributed by atoms with van der Waals surface area (Å²) in [4.78, 5) is 0. The monoisotopic (exact) mass is 218 g/mol. The average molecular weight is 218 g/mol. The Morgan fingerprint density at radius 2 is 1.81 bits per heavy atom. The summed E-state index contributed by atoms with van der Waals surface area (Å²) >= 11 is 0. The summed E-state index contributed by atoms with van der Waals surface area (Å²) in [6, 6.07) is 9.74. The number of benzene rings is 1. The molecule has 0 radical (unpaired) electrons. The van der Waals surface area contributed by atoms with Crippen molar-refractivity contribution in [1.29, 1.82) is 0 Å². The lowest BCUT2D eigenvalue weighted by Crippen LogP contribution is -2.03. The van der Waals surface area contributed by atoms with Crippen molar-refractivity contribution in [2.24, 2.45) is 0 Å². The van der Waals surface area contributed by atoms with Crippen LogP contribution in [0.3, 0.4) is 0 Å². The summed E-state index contributed by atoms with van der Waals surface area (Å²) in [7, 11) is 3.30. The van der Waals surface area contributed by atoms with Crippen molar-refractivity contribution in [3.63, 3.8) is 0 Å². The van der Waals surface area contributed by atoms with E-state index in [1.54, 1.807) is 20.4 Å². The lowest BCUT2D eigenvalue weighted by molar-refractivity contribution is 0.366. The molecular weight excluding hydrogens is 204 g/mol. The van der Waals surface area contributed by atoms with Crippen LogP contribution in [-0.4, -0.2) is 24.0 Å². The predicted molar refractivity (Wildman–Crippen MR) is 60.9 cm³/mol. The van der Waals surface area contributed by atoms with Crippen LogP contribution in [0.1, 0.15) is 5.56 Å². The minimum Gasteiger partial charge on any atom is -0.497 e. The molecule has 0 aliphatic carbocycles. The lowest BCUT2D eigenvalue weighted by atomic mass is 10.2. The molecule has 84 valence electrons. The quantitative estimate of drug-likeness (QED) is 0.787. The average Bonchev–Trinajstić information content (AvgIpc) is 2.77. The Morgan fingerprint density at radius 1 is 1.06 bits per heavy atom. The van der Waals surface area contributed by atoms with Crippen molar-refractivity contribution in [3.05, 3.63) is 42.1 Å². The Bertz CT molecular complexity index is 448. The van der Waals surface area contributed by atoms with E-state index in [-0.39, 0.29) is 0 Å². The van der Waals surface area contributed by atoms with Gasteiger partial charge in [-0.2, -0.15) is 5.10 Å². The maximum Gasteiger partial charge on any atom is 0.211 e. The fourth-order valence-electron chi connectivity index (χ4n) is 1.52. The number of rotatable bonds is 4. The highest BCUT2D eigenvalue weighted by atomic mass is 16.5. The molecule has 0 aliphatic heterocycles. The van der Waals surface area contributed by atoms with Crippen LogP contribution in [-0.2, 0) is 6.54 Å². The molecule has 0 bridgehead atoms. The number of aromatic nitrogens is 2. The molecule has 0 unspecified atom stereocenters. The van der Waals surface area contributed by atoms with Gasteiger partial charge in [0.1, 0.15) is 5.75 Å². The Hall–Kier alpha value is -1.97. The smallest absolute Gasteiger partial charge is 0.211 e. The molecule has 0 saturated heterocycles. The number of hydrogen-bond acceptors (Lipinski definition) is 3. The zero-order valence-corrected chi connectivity index (χ0v) is 9.38. The topological polar surface area (TPSA) is 36.3 Å². The normalized spacial score (nSPS) is 10.1. The highest BCUT2D eigenvalue weighted by Gasteiger charge is 2.02. The van der Waals surface area contributed by atoms with Crippen LogP contribution in [0.4, 0.5) is 0 Å². The van der Waals surface area contributed by atoms with Gasteiger partial charge < -0.3 is 9.47 Å². The minimum atomic E-state index is 0.695. The molecule has 1 aromatic heterocycles. The molecule has 16 heavy (non-hydrogen) atoms. The molecule has 0 spiro atoms. The fourth-order valence-corrected chi connectivity index (χ4v) is 1.52. The molecule has 4 nitrogen and oxygen atoms in total. The van der Waals surface area contributed by atoms with Crippen molar-refractivity contribution in [3.8, 4) is 11.6 Å². The summed E-state index contributed by atoms with van der Waals surface area (Å²) in [5.74, 6) is 1.62. The molecule has 0 N–H and O–H groups in total.